The predicted molar refractivity (Wildman–Crippen MR) is 91.3 cm³/mol. The van der Waals surface area contributed by atoms with Crippen molar-refractivity contribution in [3.63, 3.8) is 0 Å². The molecular formula is C18H27N3O2. The molecule has 0 saturated carbocycles. The number of rotatable bonds is 4. The first kappa shape index (κ1) is 17.5. The van der Waals surface area contributed by atoms with Crippen LogP contribution in [0.1, 0.15) is 29.8 Å². The topological polar surface area (TPSA) is 52.7 Å². The number of hydrogen-bond donors (Lipinski definition) is 1. The number of piperazine rings is 1. The Bertz CT molecular complexity index is 546. The van der Waals surface area contributed by atoms with E-state index in [-0.39, 0.29) is 17.7 Å². The van der Waals surface area contributed by atoms with Gasteiger partial charge >= 0.3 is 0 Å². The average molecular weight is 317 g/mol. The molecule has 126 valence electrons. The quantitative estimate of drug-likeness (QED) is 0.916. The summed E-state index contributed by atoms with van der Waals surface area (Å²) in [6.45, 7) is 9.11. The van der Waals surface area contributed by atoms with Crippen LogP contribution in [-0.2, 0) is 4.79 Å². The summed E-state index contributed by atoms with van der Waals surface area (Å²) in [5, 5.41) is 2.92. The molecule has 1 aromatic carbocycles. The van der Waals surface area contributed by atoms with Crippen molar-refractivity contribution in [2.45, 2.75) is 26.8 Å². The number of amides is 2. The number of carbonyl (C=O) groups excluding carboxylic acids is 2. The molecule has 1 unspecified atom stereocenters. The van der Waals surface area contributed by atoms with Gasteiger partial charge < -0.3 is 15.1 Å². The Kier molecular flexibility index (Phi) is 5.77. The number of nitrogens with one attached hydrogen (secondary N) is 1. The van der Waals surface area contributed by atoms with Gasteiger partial charge in [-0.25, -0.2) is 0 Å². The van der Waals surface area contributed by atoms with Crippen molar-refractivity contribution < 1.29 is 9.59 Å². The van der Waals surface area contributed by atoms with Crippen LogP contribution in [-0.4, -0.2) is 60.9 Å². The first-order chi connectivity index (χ1) is 10.9. The smallest absolute Gasteiger partial charge is 0.251 e. The second-order valence-electron chi connectivity index (χ2n) is 6.69. The molecule has 1 aliphatic heterocycles. The second-order valence-corrected chi connectivity index (χ2v) is 6.69. The molecule has 1 aliphatic rings. The molecule has 0 radical (unpaired) electrons. The van der Waals surface area contributed by atoms with Gasteiger partial charge in [-0.15, -0.1) is 0 Å². The average Bonchev–Trinajstić information content (AvgIpc) is 2.53. The van der Waals surface area contributed by atoms with Crippen LogP contribution in [0.5, 0.6) is 0 Å². The molecule has 23 heavy (non-hydrogen) atoms. The summed E-state index contributed by atoms with van der Waals surface area (Å²) in [4.78, 5) is 29.2. The molecule has 0 spiro atoms. The van der Waals surface area contributed by atoms with E-state index in [2.05, 4.69) is 17.3 Å². The Hall–Kier alpha value is -1.88. The zero-order chi connectivity index (χ0) is 17.0. The maximum atomic E-state index is 12.8. The second kappa shape index (κ2) is 7.59. The molecule has 1 atom stereocenters. The Morgan fingerprint density at radius 2 is 1.61 bits per heavy atom. The molecule has 0 aromatic heterocycles. The Morgan fingerprint density at radius 3 is 2.13 bits per heavy atom. The highest BCUT2D eigenvalue weighted by Gasteiger charge is 2.30. The van der Waals surface area contributed by atoms with Gasteiger partial charge in [-0.05, 0) is 32.0 Å². The van der Waals surface area contributed by atoms with E-state index in [0.717, 1.165) is 31.7 Å². The minimum absolute atomic E-state index is 0.0218. The largest absolute Gasteiger partial charge is 0.340 e. The van der Waals surface area contributed by atoms with Crippen LogP contribution < -0.4 is 5.32 Å². The number of aryl methyl sites for hydroxylation is 1. The van der Waals surface area contributed by atoms with Gasteiger partial charge in [0.15, 0.2) is 0 Å². The van der Waals surface area contributed by atoms with Crippen molar-refractivity contribution in [1.29, 1.82) is 0 Å². The first-order valence-corrected chi connectivity index (χ1v) is 8.23. The zero-order valence-electron chi connectivity index (χ0n) is 14.5. The van der Waals surface area contributed by atoms with Crippen molar-refractivity contribution in [3.05, 3.63) is 35.4 Å². The van der Waals surface area contributed by atoms with Crippen LogP contribution in [0.3, 0.4) is 0 Å². The van der Waals surface area contributed by atoms with Gasteiger partial charge in [0.2, 0.25) is 5.91 Å². The first-order valence-electron chi connectivity index (χ1n) is 8.23. The molecule has 1 heterocycles. The predicted octanol–water partition coefficient (Wildman–Crippen LogP) is 1.52. The van der Waals surface area contributed by atoms with Gasteiger partial charge in [0, 0.05) is 31.7 Å². The zero-order valence-corrected chi connectivity index (χ0v) is 14.5. The molecule has 1 fully saturated rings. The van der Waals surface area contributed by atoms with Crippen molar-refractivity contribution in [2.24, 2.45) is 5.92 Å². The maximum Gasteiger partial charge on any atom is 0.251 e. The van der Waals surface area contributed by atoms with Gasteiger partial charge in [0.25, 0.3) is 5.91 Å². The molecule has 0 aliphatic carbocycles. The lowest BCUT2D eigenvalue weighted by Crippen LogP contribution is -2.55. The van der Waals surface area contributed by atoms with E-state index >= 15 is 0 Å². The van der Waals surface area contributed by atoms with Crippen LogP contribution in [0.4, 0.5) is 0 Å². The van der Waals surface area contributed by atoms with E-state index in [4.69, 9.17) is 0 Å². The molecule has 5 heteroatoms. The molecule has 2 amide bonds. The van der Waals surface area contributed by atoms with Crippen molar-refractivity contribution >= 4 is 11.8 Å². The molecule has 5 nitrogen and oxygen atoms in total. The lowest BCUT2D eigenvalue weighted by Gasteiger charge is -2.35. The van der Waals surface area contributed by atoms with Gasteiger partial charge in [0.05, 0.1) is 0 Å². The summed E-state index contributed by atoms with van der Waals surface area (Å²) in [6.07, 6.45) is 0. The lowest BCUT2D eigenvalue weighted by molar-refractivity contribution is -0.135. The highest BCUT2D eigenvalue weighted by molar-refractivity contribution is 5.97. The summed E-state index contributed by atoms with van der Waals surface area (Å²) >= 11 is 0. The number of likely N-dealkylation sites (N-methyl/N-ethyl adjacent to an activating group) is 1. The van der Waals surface area contributed by atoms with Crippen LogP contribution in [0.15, 0.2) is 24.3 Å². The Morgan fingerprint density at radius 1 is 1.04 bits per heavy atom. The normalized spacial score (nSPS) is 17.2. The van der Waals surface area contributed by atoms with Gasteiger partial charge in [-0.2, -0.15) is 0 Å². The van der Waals surface area contributed by atoms with Crippen LogP contribution in [0, 0.1) is 12.8 Å². The van der Waals surface area contributed by atoms with Gasteiger partial charge in [0.1, 0.15) is 6.04 Å². The van der Waals surface area contributed by atoms with Gasteiger partial charge in [-0.1, -0.05) is 31.5 Å². The molecule has 2 rings (SSSR count). The monoisotopic (exact) mass is 317 g/mol. The molecule has 1 saturated heterocycles. The van der Waals surface area contributed by atoms with E-state index in [1.807, 2.05) is 37.8 Å². The summed E-state index contributed by atoms with van der Waals surface area (Å²) in [5.41, 5.74) is 1.70. The van der Waals surface area contributed by atoms with Crippen molar-refractivity contribution in [1.82, 2.24) is 15.1 Å². The van der Waals surface area contributed by atoms with E-state index in [0.29, 0.717) is 5.56 Å². The van der Waals surface area contributed by atoms with E-state index < -0.39 is 6.04 Å². The number of benzene rings is 1. The van der Waals surface area contributed by atoms with Crippen LogP contribution in [0.2, 0.25) is 0 Å². The van der Waals surface area contributed by atoms with E-state index in [9.17, 15) is 9.59 Å². The number of nitrogens with zero attached hydrogens (tertiary/aromatic N) is 2. The minimum atomic E-state index is -0.479. The summed E-state index contributed by atoms with van der Waals surface area (Å²) in [5.74, 6) is -0.115. The van der Waals surface area contributed by atoms with E-state index in [1.165, 1.54) is 0 Å². The summed E-state index contributed by atoms with van der Waals surface area (Å²) in [7, 11) is 2.06. The molecule has 0 bridgehead atoms. The fourth-order valence-corrected chi connectivity index (χ4v) is 2.67. The Balaban J connectivity index is 2.04. The summed E-state index contributed by atoms with van der Waals surface area (Å²) < 4.78 is 0. The SMILES string of the molecule is Cc1ccc(C(=O)NC(C(=O)N2CCN(C)CC2)C(C)C)cc1. The van der Waals surface area contributed by atoms with Crippen LogP contribution >= 0.6 is 0 Å². The standard InChI is InChI=1S/C18H27N3O2/c1-13(2)16(18(23)21-11-9-20(4)10-12-21)19-17(22)15-7-5-14(3)6-8-15/h5-8,13,16H,9-12H2,1-4H3,(H,19,22). The number of carbonyl (C=O) groups is 2. The molecule has 1 aromatic rings. The maximum absolute atomic E-state index is 12.8. The highest BCUT2D eigenvalue weighted by Crippen LogP contribution is 2.11. The van der Waals surface area contributed by atoms with Crippen molar-refractivity contribution in [3.8, 4) is 0 Å². The lowest BCUT2D eigenvalue weighted by atomic mass is 10.0. The van der Waals surface area contributed by atoms with Gasteiger partial charge in [-0.3, -0.25) is 9.59 Å². The Labute approximate surface area is 138 Å². The summed E-state index contributed by atoms with van der Waals surface area (Å²) in [6, 6.07) is 6.92. The minimum Gasteiger partial charge on any atom is -0.340 e. The third-order valence-electron chi connectivity index (χ3n) is 4.35. The van der Waals surface area contributed by atoms with E-state index in [1.54, 1.807) is 12.1 Å². The molecule has 1 N–H and O–H groups in total. The molecular weight excluding hydrogens is 290 g/mol. The highest BCUT2D eigenvalue weighted by atomic mass is 16.2. The van der Waals surface area contributed by atoms with Crippen LogP contribution in [0.25, 0.3) is 0 Å². The third kappa shape index (κ3) is 4.55. The van der Waals surface area contributed by atoms with Crippen molar-refractivity contribution in [2.75, 3.05) is 33.2 Å². The number of hydrogen-bond acceptors (Lipinski definition) is 3. The fraction of sp³-hybridized carbons (Fsp3) is 0.556. The fourth-order valence-electron chi connectivity index (χ4n) is 2.67. The third-order valence-corrected chi connectivity index (χ3v) is 4.35.